The van der Waals surface area contributed by atoms with Crippen molar-refractivity contribution in [1.29, 1.82) is 0 Å². The maximum absolute atomic E-state index is 10.8. The van der Waals surface area contributed by atoms with Gasteiger partial charge in [-0.15, -0.1) is 0 Å². The van der Waals surface area contributed by atoms with Crippen LogP contribution in [0.4, 0.5) is 4.79 Å². The molecule has 2 atom stereocenters. The van der Waals surface area contributed by atoms with Crippen molar-refractivity contribution < 1.29 is 4.79 Å². The quantitative estimate of drug-likeness (QED) is 0.544. The van der Waals surface area contributed by atoms with E-state index >= 15 is 0 Å². The highest BCUT2D eigenvalue weighted by Crippen LogP contribution is 2.52. The number of fused-ring (bicyclic) bond motifs is 2. The van der Waals surface area contributed by atoms with E-state index in [1.165, 1.54) is 18.4 Å². The summed E-state index contributed by atoms with van der Waals surface area (Å²) in [4.78, 5) is 10.8. The van der Waals surface area contributed by atoms with Gasteiger partial charge in [-0.05, 0) is 44.9 Å². The number of allylic oxidation sites excluding steroid dienone is 2. The summed E-state index contributed by atoms with van der Waals surface area (Å²) >= 11 is 0. The molecule has 0 radical (unpaired) electrons. The van der Waals surface area contributed by atoms with E-state index in [2.05, 4.69) is 31.3 Å². The van der Waals surface area contributed by atoms with Gasteiger partial charge in [0.1, 0.15) is 0 Å². The molecule has 0 unspecified atom stereocenters. The lowest BCUT2D eigenvalue weighted by Gasteiger charge is -2.47. The zero-order chi connectivity index (χ0) is 13.3. The molecule has 18 heavy (non-hydrogen) atoms. The van der Waals surface area contributed by atoms with Crippen LogP contribution in [0.25, 0.3) is 0 Å². The number of primary amides is 1. The Morgan fingerprint density at radius 2 is 2.17 bits per heavy atom. The van der Waals surface area contributed by atoms with Gasteiger partial charge >= 0.3 is 6.03 Å². The Bertz CT molecular complexity index is 421. The normalized spacial score (nSPS) is 33.4. The zero-order valence-corrected chi connectivity index (χ0v) is 11.5. The fourth-order valence-corrected chi connectivity index (χ4v) is 3.78. The monoisotopic (exact) mass is 249 g/mol. The Kier molecular flexibility index (Phi) is 3.46. The molecule has 0 aromatic rings. The molecule has 2 rings (SSSR count). The molecular formula is C14H23N3O. The van der Waals surface area contributed by atoms with Gasteiger partial charge in [0.15, 0.2) is 0 Å². The van der Waals surface area contributed by atoms with Crippen molar-refractivity contribution in [2.45, 2.75) is 52.9 Å². The summed E-state index contributed by atoms with van der Waals surface area (Å²) < 4.78 is 0. The van der Waals surface area contributed by atoms with Gasteiger partial charge in [-0.3, -0.25) is 0 Å². The number of nitrogens with one attached hydrogen (secondary N) is 1. The third-order valence-electron chi connectivity index (χ3n) is 4.40. The van der Waals surface area contributed by atoms with Crippen LogP contribution in [0.3, 0.4) is 0 Å². The Labute approximate surface area is 109 Å². The molecule has 2 fully saturated rings. The van der Waals surface area contributed by atoms with Crippen LogP contribution in [0.15, 0.2) is 16.2 Å². The number of urea groups is 1. The molecule has 2 bridgehead atoms. The first kappa shape index (κ1) is 13.1. The predicted octanol–water partition coefficient (Wildman–Crippen LogP) is 2.95. The van der Waals surface area contributed by atoms with E-state index in [9.17, 15) is 4.79 Å². The summed E-state index contributed by atoms with van der Waals surface area (Å²) in [6.45, 7) is 6.76. The largest absolute Gasteiger partial charge is 0.350 e. The molecule has 0 aliphatic heterocycles. The Hall–Kier alpha value is -1.32. The fraction of sp³-hybridized carbons (Fsp3) is 0.714. The third-order valence-corrected chi connectivity index (χ3v) is 4.40. The van der Waals surface area contributed by atoms with E-state index in [-0.39, 0.29) is 0 Å². The fourth-order valence-electron chi connectivity index (χ4n) is 3.78. The Morgan fingerprint density at radius 3 is 2.78 bits per heavy atom. The van der Waals surface area contributed by atoms with Crippen molar-refractivity contribution in [3.05, 3.63) is 11.1 Å². The minimum atomic E-state index is -0.578. The Balaban J connectivity index is 2.32. The van der Waals surface area contributed by atoms with Gasteiger partial charge in [0.2, 0.25) is 0 Å². The molecule has 0 saturated heterocycles. The van der Waals surface area contributed by atoms with E-state index in [4.69, 9.17) is 5.73 Å². The van der Waals surface area contributed by atoms with Crippen LogP contribution in [0.2, 0.25) is 0 Å². The van der Waals surface area contributed by atoms with Gasteiger partial charge in [-0.1, -0.05) is 24.5 Å². The highest BCUT2D eigenvalue weighted by molar-refractivity contribution is 5.92. The third kappa shape index (κ3) is 2.28. The topological polar surface area (TPSA) is 67.5 Å². The SMILES string of the molecule is CC(C)=C1[C@H]2CCC[C@@]1(C)CC/C2=N/NC(N)=O. The van der Waals surface area contributed by atoms with Crippen LogP contribution in [0.1, 0.15) is 52.9 Å². The van der Waals surface area contributed by atoms with Gasteiger partial charge in [0.25, 0.3) is 0 Å². The highest BCUT2D eigenvalue weighted by Gasteiger charge is 2.43. The molecule has 2 aliphatic rings. The number of amides is 2. The van der Waals surface area contributed by atoms with Gasteiger partial charge < -0.3 is 5.73 Å². The second-order valence-corrected chi connectivity index (χ2v) is 6.00. The van der Waals surface area contributed by atoms with Crippen molar-refractivity contribution in [3.63, 3.8) is 0 Å². The molecule has 0 aromatic carbocycles. The number of nitrogens with zero attached hydrogens (tertiary/aromatic N) is 1. The summed E-state index contributed by atoms with van der Waals surface area (Å²) in [6, 6.07) is -0.578. The highest BCUT2D eigenvalue weighted by atomic mass is 16.2. The van der Waals surface area contributed by atoms with E-state index in [0.29, 0.717) is 11.3 Å². The second kappa shape index (κ2) is 4.75. The number of carbonyl (C=O) groups excluding carboxylic acids is 1. The van der Waals surface area contributed by atoms with E-state index in [1.54, 1.807) is 5.57 Å². The zero-order valence-electron chi connectivity index (χ0n) is 11.5. The maximum Gasteiger partial charge on any atom is 0.332 e. The molecule has 4 heteroatoms. The molecule has 2 saturated carbocycles. The summed E-state index contributed by atoms with van der Waals surface area (Å²) in [5, 5.41) is 4.22. The number of carbonyl (C=O) groups is 1. The van der Waals surface area contributed by atoms with E-state index in [0.717, 1.165) is 25.0 Å². The minimum absolute atomic E-state index is 0.341. The van der Waals surface area contributed by atoms with Crippen molar-refractivity contribution in [3.8, 4) is 0 Å². The minimum Gasteiger partial charge on any atom is -0.350 e. The molecule has 2 aliphatic carbocycles. The van der Waals surface area contributed by atoms with Gasteiger partial charge in [0, 0.05) is 11.6 Å². The Morgan fingerprint density at radius 1 is 1.44 bits per heavy atom. The van der Waals surface area contributed by atoms with Crippen LogP contribution >= 0.6 is 0 Å². The molecule has 0 spiro atoms. The molecule has 4 nitrogen and oxygen atoms in total. The maximum atomic E-state index is 10.8. The average Bonchev–Trinajstić information content (AvgIpc) is 2.26. The molecule has 0 aromatic heterocycles. The summed E-state index contributed by atoms with van der Waals surface area (Å²) in [5.74, 6) is 0.411. The molecule has 3 N–H and O–H groups in total. The van der Waals surface area contributed by atoms with E-state index < -0.39 is 6.03 Å². The van der Waals surface area contributed by atoms with E-state index in [1.807, 2.05) is 0 Å². The van der Waals surface area contributed by atoms with Crippen LogP contribution < -0.4 is 11.2 Å². The molecule has 2 amide bonds. The molecular weight excluding hydrogens is 226 g/mol. The van der Waals surface area contributed by atoms with Crippen LogP contribution in [0, 0.1) is 11.3 Å². The standard InChI is InChI=1S/C14H23N3O/c1-9(2)12-10-5-4-7-14(12,3)8-6-11(10)16-17-13(15)18/h10H,4-8H2,1-3H3,(H3,15,17,18)/b16-11-/t10-,14-/m0/s1. The number of hydrogen-bond acceptors (Lipinski definition) is 2. The summed E-state index contributed by atoms with van der Waals surface area (Å²) in [6.07, 6.45) is 5.77. The van der Waals surface area contributed by atoms with Crippen LogP contribution in [0.5, 0.6) is 0 Å². The lowest BCUT2D eigenvalue weighted by molar-refractivity contribution is 0.240. The number of rotatable bonds is 1. The number of hydrogen-bond donors (Lipinski definition) is 2. The van der Waals surface area contributed by atoms with Crippen LogP contribution in [-0.4, -0.2) is 11.7 Å². The van der Waals surface area contributed by atoms with Gasteiger partial charge in [-0.25, -0.2) is 10.2 Å². The summed E-state index contributed by atoms with van der Waals surface area (Å²) in [5.41, 5.74) is 11.9. The average molecular weight is 249 g/mol. The number of hydrazone groups is 1. The lowest BCUT2D eigenvalue weighted by atomic mass is 9.58. The summed E-state index contributed by atoms with van der Waals surface area (Å²) in [7, 11) is 0. The molecule has 100 valence electrons. The number of nitrogens with two attached hydrogens (primary N) is 1. The van der Waals surface area contributed by atoms with Crippen molar-refractivity contribution in [1.82, 2.24) is 5.43 Å². The first-order valence-corrected chi connectivity index (χ1v) is 6.74. The van der Waals surface area contributed by atoms with Crippen LogP contribution in [-0.2, 0) is 0 Å². The smallest absolute Gasteiger partial charge is 0.332 e. The predicted molar refractivity (Wildman–Crippen MR) is 73.2 cm³/mol. The first-order valence-electron chi connectivity index (χ1n) is 6.74. The molecule has 0 heterocycles. The van der Waals surface area contributed by atoms with Crippen molar-refractivity contribution in [2.24, 2.45) is 22.2 Å². The lowest BCUT2D eigenvalue weighted by Crippen LogP contribution is -2.40. The van der Waals surface area contributed by atoms with Gasteiger partial charge in [0.05, 0.1) is 0 Å². The van der Waals surface area contributed by atoms with Crippen molar-refractivity contribution >= 4 is 11.7 Å². The second-order valence-electron chi connectivity index (χ2n) is 6.00. The first-order chi connectivity index (χ1) is 8.44. The van der Waals surface area contributed by atoms with Gasteiger partial charge in [-0.2, -0.15) is 5.10 Å². The van der Waals surface area contributed by atoms with Crippen molar-refractivity contribution in [2.75, 3.05) is 0 Å².